The Hall–Kier alpha value is -4.53. The second-order valence-corrected chi connectivity index (χ2v) is 10.3. The molecule has 5 aromatic rings. The Bertz CT molecular complexity index is 1690. The molecule has 9 heteroatoms. The van der Waals surface area contributed by atoms with E-state index >= 15 is 0 Å². The highest BCUT2D eigenvalue weighted by Crippen LogP contribution is 2.28. The first-order valence-corrected chi connectivity index (χ1v) is 12.3. The van der Waals surface area contributed by atoms with Gasteiger partial charge in [0.15, 0.2) is 11.4 Å². The first-order valence-electron chi connectivity index (χ1n) is 12.3. The van der Waals surface area contributed by atoms with Crippen LogP contribution in [0.1, 0.15) is 37.7 Å². The van der Waals surface area contributed by atoms with Crippen molar-refractivity contribution < 1.29 is 13.9 Å². The van der Waals surface area contributed by atoms with E-state index in [1.165, 1.54) is 16.7 Å². The number of ketones is 1. The van der Waals surface area contributed by atoms with E-state index in [-0.39, 0.29) is 35.5 Å². The van der Waals surface area contributed by atoms with Gasteiger partial charge in [0.1, 0.15) is 22.9 Å². The number of pyridine rings is 1. The smallest absolute Gasteiger partial charge is 0.327 e. The number of imidazole rings is 1. The minimum absolute atomic E-state index is 0.00482. The molecule has 1 N–H and O–H groups in total. The Balaban J connectivity index is 1.37. The van der Waals surface area contributed by atoms with Crippen LogP contribution in [0.15, 0.2) is 71.7 Å². The molecule has 0 saturated heterocycles. The summed E-state index contributed by atoms with van der Waals surface area (Å²) < 4.78 is 22.7. The third-order valence-corrected chi connectivity index (χ3v) is 6.28. The number of rotatable bonds is 7. The van der Waals surface area contributed by atoms with Gasteiger partial charge in [-0.25, -0.2) is 18.9 Å². The van der Waals surface area contributed by atoms with Crippen LogP contribution in [-0.2, 0) is 30.1 Å². The molecule has 2 aromatic carbocycles. The lowest BCUT2D eigenvalue weighted by Gasteiger charge is -2.14. The van der Waals surface area contributed by atoms with Crippen LogP contribution >= 0.6 is 0 Å². The van der Waals surface area contributed by atoms with Crippen LogP contribution in [0.3, 0.4) is 0 Å². The van der Waals surface area contributed by atoms with E-state index in [0.717, 1.165) is 17.0 Å². The van der Waals surface area contributed by atoms with E-state index in [2.05, 4.69) is 30.7 Å². The summed E-state index contributed by atoms with van der Waals surface area (Å²) in [5.41, 5.74) is 3.59. The van der Waals surface area contributed by atoms with Crippen LogP contribution in [0.4, 0.5) is 4.39 Å². The molecule has 0 radical (unpaired) electrons. The second kappa shape index (κ2) is 9.74. The lowest BCUT2D eigenvalue weighted by atomic mass is 9.92. The molecular weight excluding hydrogens is 485 g/mol. The average Bonchev–Trinajstić information content (AvgIpc) is 3.41. The summed E-state index contributed by atoms with van der Waals surface area (Å²) in [7, 11) is 1.65. The van der Waals surface area contributed by atoms with Gasteiger partial charge in [-0.15, -0.1) is 0 Å². The van der Waals surface area contributed by atoms with Gasteiger partial charge in [-0.05, 0) is 48.0 Å². The third kappa shape index (κ3) is 5.13. The number of hydrogen-bond donors (Lipinski definition) is 1. The molecule has 0 saturated carbocycles. The molecule has 0 atom stereocenters. The summed E-state index contributed by atoms with van der Waals surface area (Å²) in [5.74, 6) is 0.702. The van der Waals surface area contributed by atoms with E-state index < -0.39 is 0 Å². The number of aromatic amines is 1. The molecule has 38 heavy (non-hydrogen) atoms. The number of fused-ring (bicyclic) bond motifs is 1. The summed E-state index contributed by atoms with van der Waals surface area (Å²) in [5, 5.41) is 4.73. The molecule has 0 spiro atoms. The summed E-state index contributed by atoms with van der Waals surface area (Å²) in [6.07, 6.45) is 1.93. The lowest BCUT2D eigenvalue weighted by Crippen LogP contribution is -2.13. The Morgan fingerprint density at radius 2 is 1.82 bits per heavy atom. The van der Waals surface area contributed by atoms with Gasteiger partial charge < -0.3 is 4.74 Å². The van der Waals surface area contributed by atoms with Gasteiger partial charge >= 0.3 is 5.69 Å². The number of ether oxygens (including phenoxy) is 1. The number of aryl methyl sites for hydroxylation is 1. The number of Topliss-reactive ketones (excluding diaryl/α,β-unsaturated/α-hetero) is 1. The van der Waals surface area contributed by atoms with Crippen LogP contribution < -0.4 is 10.4 Å². The number of benzene rings is 2. The first kappa shape index (κ1) is 25.1. The van der Waals surface area contributed by atoms with E-state index in [0.29, 0.717) is 28.4 Å². The minimum atomic E-state index is -0.331. The molecule has 3 heterocycles. The lowest BCUT2D eigenvalue weighted by molar-refractivity contribution is -0.117. The van der Waals surface area contributed by atoms with E-state index in [9.17, 15) is 14.0 Å². The topological polar surface area (TPSA) is 94.8 Å². The van der Waals surface area contributed by atoms with Gasteiger partial charge in [0.05, 0.1) is 17.1 Å². The molecule has 0 unspecified atom stereocenters. The fourth-order valence-corrected chi connectivity index (χ4v) is 4.28. The summed E-state index contributed by atoms with van der Waals surface area (Å²) in [4.78, 5) is 32.1. The van der Waals surface area contributed by atoms with Crippen LogP contribution in [0.25, 0.3) is 16.9 Å². The molecule has 0 aliphatic heterocycles. The van der Waals surface area contributed by atoms with Gasteiger partial charge in [-0.1, -0.05) is 32.9 Å². The maximum atomic E-state index is 13.5. The molecular formula is C29H28FN5O3. The first-order chi connectivity index (χ1) is 18.1. The van der Waals surface area contributed by atoms with Crippen molar-refractivity contribution in [3.05, 3.63) is 100 Å². The summed E-state index contributed by atoms with van der Waals surface area (Å²) in [6, 6.07) is 17.0. The Labute approximate surface area is 218 Å². The summed E-state index contributed by atoms with van der Waals surface area (Å²) in [6.45, 7) is 6.18. The van der Waals surface area contributed by atoms with Crippen molar-refractivity contribution in [3.63, 3.8) is 0 Å². The van der Waals surface area contributed by atoms with Gasteiger partial charge in [0, 0.05) is 37.6 Å². The van der Waals surface area contributed by atoms with Gasteiger partial charge in [-0.3, -0.25) is 14.3 Å². The molecule has 0 aliphatic rings. The van der Waals surface area contributed by atoms with Gasteiger partial charge in [0.25, 0.3) is 0 Å². The zero-order valence-corrected chi connectivity index (χ0v) is 21.7. The number of carbonyl (C=O) groups excluding carboxylic acids is 1. The zero-order chi connectivity index (χ0) is 27.0. The predicted octanol–water partition coefficient (Wildman–Crippen LogP) is 5.03. The molecule has 8 nitrogen and oxygen atoms in total. The molecule has 0 amide bonds. The quantitative estimate of drug-likeness (QED) is 0.329. The summed E-state index contributed by atoms with van der Waals surface area (Å²) >= 11 is 0. The Morgan fingerprint density at radius 3 is 2.55 bits per heavy atom. The molecule has 0 aliphatic carbocycles. The van der Waals surface area contributed by atoms with Crippen LogP contribution in [0, 0.1) is 5.82 Å². The maximum Gasteiger partial charge on any atom is 0.327 e. The normalized spacial score (nSPS) is 11.7. The molecule has 194 valence electrons. The van der Waals surface area contributed by atoms with Crippen molar-refractivity contribution in [2.75, 3.05) is 0 Å². The zero-order valence-electron chi connectivity index (χ0n) is 21.7. The highest BCUT2D eigenvalue weighted by molar-refractivity contribution is 5.83. The minimum Gasteiger partial charge on any atom is -0.455 e. The highest BCUT2D eigenvalue weighted by Gasteiger charge is 2.22. The number of nitrogens with one attached hydrogen (secondary N) is 1. The molecule has 0 bridgehead atoms. The highest BCUT2D eigenvalue weighted by atomic mass is 19.1. The van der Waals surface area contributed by atoms with Gasteiger partial charge in [-0.2, -0.15) is 5.10 Å². The predicted molar refractivity (Wildman–Crippen MR) is 142 cm³/mol. The fraction of sp³-hybridized carbons (Fsp3) is 0.241. The Morgan fingerprint density at radius 1 is 1.05 bits per heavy atom. The molecule has 3 aromatic heterocycles. The van der Waals surface area contributed by atoms with Crippen LogP contribution in [-0.4, -0.2) is 30.1 Å². The van der Waals surface area contributed by atoms with E-state index in [1.54, 1.807) is 42.2 Å². The Kier molecular flexibility index (Phi) is 6.44. The number of carbonyl (C=O) groups is 1. The third-order valence-electron chi connectivity index (χ3n) is 6.28. The number of nitrogens with zero attached hydrogens (tertiary/aromatic N) is 4. The number of halogens is 1. The van der Waals surface area contributed by atoms with Crippen molar-refractivity contribution in [1.82, 2.24) is 24.3 Å². The van der Waals surface area contributed by atoms with E-state index in [4.69, 9.17) is 9.84 Å². The monoisotopic (exact) mass is 513 g/mol. The molecule has 0 fully saturated rings. The largest absolute Gasteiger partial charge is 0.455 e. The maximum absolute atomic E-state index is 13.5. The molecule has 5 rings (SSSR count). The average molecular weight is 514 g/mol. The fourth-order valence-electron chi connectivity index (χ4n) is 4.28. The van der Waals surface area contributed by atoms with Crippen molar-refractivity contribution in [2.24, 2.45) is 7.05 Å². The van der Waals surface area contributed by atoms with Crippen molar-refractivity contribution in [3.8, 4) is 17.2 Å². The van der Waals surface area contributed by atoms with E-state index in [1.807, 2.05) is 24.3 Å². The van der Waals surface area contributed by atoms with Crippen molar-refractivity contribution in [1.29, 1.82) is 0 Å². The SMILES string of the molecule is Cn1c(=O)[nH]c2nccc(Oc3cccc(CC(=O)Cc4cc(C(C)(C)C)nn4-c4ccc(F)cc4)c3)c21. The van der Waals surface area contributed by atoms with Crippen molar-refractivity contribution in [2.45, 2.75) is 39.0 Å². The van der Waals surface area contributed by atoms with Crippen LogP contribution in [0.5, 0.6) is 11.5 Å². The number of aromatic nitrogens is 5. The van der Waals surface area contributed by atoms with Crippen LogP contribution in [0.2, 0.25) is 0 Å². The second-order valence-electron chi connectivity index (χ2n) is 10.3. The van der Waals surface area contributed by atoms with Gasteiger partial charge in [0.2, 0.25) is 0 Å². The standard InChI is InChI=1S/C29H28FN5O3/c1-29(2,3)25-17-21(35(33-25)20-10-8-19(30)9-11-20)16-22(36)14-18-6-5-7-23(15-18)38-24-12-13-31-27-26(24)34(4)28(37)32-27/h5-13,15,17H,14,16H2,1-4H3,(H,31,32,37). The number of H-pyrrole nitrogens is 1. The van der Waals surface area contributed by atoms with Crippen molar-refractivity contribution >= 4 is 16.9 Å². The number of hydrogen-bond acceptors (Lipinski definition) is 5.